The van der Waals surface area contributed by atoms with E-state index < -0.39 is 0 Å². The quantitative estimate of drug-likeness (QED) is 0.835. The summed E-state index contributed by atoms with van der Waals surface area (Å²) in [7, 11) is 3.59. The van der Waals surface area contributed by atoms with Gasteiger partial charge < -0.3 is 15.1 Å². The highest BCUT2D eigenvalue weighted by molar-refractivity contribution is 6.06. The van der Waals surface area contributed by atoms with Crippen molar-refractivity contribution in [1.82, 2.24) is 15.1 Å². The Kier molecular flexibility index (Phi) is 2.66. The summed E-state index contributed by atoms with van der Waals surface area (Å²) in [6, 6.07) is 9.82. The summed E-state index contributed by atoms with van der Waals surface area (Å²) >= 11 is 0. The van der Waals surface area contributed by atoms with Crippen LogP contribution in [0.4, 0.5) is 0 Å². The lowest BCUT2D eigenvalue weighted by molar-refractivity contribution is -0.124. The largest absolute Gasteiger partial charge is 0.358 e. The van der Waals surface area contributed by atoms with Gasteiger partial charge in [-0.3, -0.25) is 9.59 Å². The third-order valence-corrected chi connectivity index (χ3v) is 4.61. The van der Waals surface area contributed by atoms with Gasteiger partial charge in [-0.05, 0) is 5.56 Å². The summed E-state index contributed by atoms with van der Waals surface area (Å²) < 4.78 is 0. The highest BCUT2D eigenvalue weighted by atomic mass is 16.2. The van der Waals surface area contributed by atoms with Crippen molar-refractivity contribution in [3.05, 3.63) is 58.4 Å². The Bertz CT molecular complexity index is 704. The average Bonchev–Trinajstić information content (AvgIpc) is 2.96. The van der Waals surface area contributed by atoms with E-state index in [0.717, 1.165) is 28.1 Å². The maximum atomic E-state index is 12.6. The van der Waals surface area contributed by atoms with E-state index in [1.807, 2.05) is 30.3 Å². The number of carbonyl (C=O) groups is 2. The number of benzene rings is 1. The minimum atomic E-state index is -0.262. The molecular formula is C17H17N3O2. The van der Waals surface area contributed by atoms with Gasteiger partial charge in [0, 0.05) is 31.4 Å². The van der Waals surface area contributed by atoms with E-state index >= 15 is 0 Å². The Morgan fingerprint density at radius 2 is 1.41 bits per heavy atom. The maximum absolute atomic E-state index is 12.6. The first-order valence-corrected chi connectivity index (χ1v) is 7.37. The molecular weight excluding hydrogens is 278 g/mol. The maximum Gasteiger partial charge on any atom is 0.252 e. The lowest BCUT2D eigenvalue weighted by Crippen LogP contribution is -2.28. The average molecular weight is 295 g/mol. The summed E-state index contributed by atoms with van der Waals surface area (Å²) in [4.78, 5) is 28.6. The number of likely N-dealkylation sites (N-methyl/N-ethyl adjacent to an activating group) is 2. The zero-order valence-electron chi connectivity index (χ0n) is 12.6. The molecule has 1 aromatic carbocycles. The van der Waals surface area contributed by atoms with E-state index in [-0.39, 0.29) is 17.7 Å². The molecule has 0 atom stereocenters. The summed E-state index contributed by atoms with van der Waals surface area (Å²) in [6.45, 7) is 1.15. The van der Waals surface area contributed by atoms with Gasteiger partial charge >= 0.3 is 0 Å². The number of hydrogen-bond donors (Lipinski definition) is 1. The molecule has 22 heavy (non-hydrogen) atoms. The Morgan fingerprint density at radius 3 is 1.91 bits per heavy atom. The Balaban J connectivity index is 1.89. The van der Waals surface area contributed by atoms with Gasteiger partial charge in [0.1, 0.15) is 0 Å². The number of nitrogens with one attached hydrogen (secondary N) is 1. The number of dihydropyridines is 1. The second kappa shape index (κ2) is 4.47. The minimum absolute atomic E-state index is 0.00487. The number of nitrogens with zero attached hydrogens (tertiary/aromatic N) is 2. The summed E-state index contributed by atoms with van der Waals surface area (Å²) in [5.41, 5.74) is 4.30. The molecule has 3 heterocycles. The molecule has 5 heteroatoms. The molecule has 0 saturated carbocycles. The second-order valence-electron chi connectivity index (χ2n) is 6.08. The molecule has 0 saturated heterocycles. The Labute approximate surface area is 128 Å². The van der Waals surface area contributed by atoms with Crippen LogP contribution in [0.15, 0.2) is 52.9 Å². The SMILES string of the molecule is CN1CC2=C(C1=O)C(c1ccccc1)C1=C(CN(C)C1=O)N2. The first kappa shape index (κ1) is 13.1. The van der Waals surface area contributed by atoms with E-state index in [4.69, 9.17) is 0 Å². The summed E-state index contributed by atoms with van der Waals surface area (Å²) in [5, 5.41) is 3.33. The van der Waals surface area contributed by atoms with E-state index in [2.05, 4.69) is 5.32 Å². The van der Waals surface area contributed by atoms with Crippen LogP contribution in [0.3, 0.4) is 0 Å². The second-order valence-corrected chi connectivity index (χ2v) is 6.08. The van der Waals surface area contributed by atoms with Crippen LogP contribution in [0.5, 0.6) is 0 Å². The van der Waals surface area contributed by atoms with Crippen molar-refractivity contribution >= 4 is 11.8 Å². The third kappa shape index (κ3) is 1.65. The molecule has 3 aliphatic heterocycles. The molecule has 2 amide bonds. The highest BCUT2D eigenvalue weighted by Crippen LogP contribution is 2.43. The molecule has 0 radical (unpaired) electrons. The molecule has 0 fully saturated rings. The van der Waals surface area contributed by atoms with Crippen LogP contribution in [-0.4, -0.2) is 48.8 Å². The van der Waals surface area contributed by atoms with E-state index in [9.17, 15) is 9.59 Å². The van der Waals surface area contributed by atoms with Crippen molar-refractivity contribution in [2.45, 2.75) is 5.92 Å². The number of rotatable bonds is 1. The third-order valence-electron chi connectivity index (χ3n) is 4.61. The number of carbonyl (C=O) groups excluding carboxylic acids is 2. The predicted molar refractivity (Wildman–Crippen MR) is 81.6 cm³/mol. The molecule has 0 aromatic heterocycles. The van der Waals surface area contributed by atoms with Crippen molar-refractivity contribution in [2.75, 3.05) is 27.2 Å². The summed E-state index contributed by atoms with van der Waals surface area (Å²) in [5.74, 6) is -0.252. The molecule has 112 valence electrons. The predicted octanol–water partition coefficient (Wildman–Crippen LogP) is 0.826. The van der Waals surface area contributed by atoms with Gasteiger partial charge in [-0.2, -0.15) is 0 Å². The van der Waals surface area contributed by atoms with Crippen LogP contribution >= 0.6 is 0 Å². The van der Waals surface area contributed by atoms with Crippen molar-refractivity contribution in [3.8, 4) is 0 Å². The standard InChI is InChI=1S/C17H17N3O2/c1-19-8-11-14(16(19)21)13(10-6-4-3-5-7-10)15-12(18-11)9-20(2)17(15)22/h3-7,13,18H,8-9H2,1-2H3. The monoisotopic (exact) mass is 295 g/mol. The topological polar surface area (TPSA) is 52.7 Å². The smallest absolute Gasteiger partial charge is 0.252 e. The first-order valence-electron chi connectivity index (χ1n) is 7.37. The van der Waals surface area contributed by atoms with Crippen LogP contribution in [0.25, 0.3) is 0 Å². The van der Waals surface area contributed by atoms with Crippen molar-refractivity contribution in [3.63, 3.8) is 0 Å². The molecule has 5 nitrogen and oxygen atoms in total. The molecule has 0 unspecified atom stereocenters. The molecule has 0 spiro atoms. The van der Waals surface area contributed by atoms with Crippen LogP contribution in [0, 0.1) is 0 Å². The van der Waals surface area contributed by atoms with E-state index in [0.29, 0.717) is 13.1 Å². The molecule has 1 aromatic rings. The minimum Gasteiger partial charge on any atom is -0.358 e. The van der Waals surface area contributed by atoms with Crippen LogP contribution in [0.1, 0.15) is 11.5 Å². The number of amides is 2. The Morgan fingerprint density at radius 1 is 0.909 bits per heavy atom. The fraction of sp³-hybridized carbons (Fsp3) is 0.294. The van der Waals surface area contributed by atoms with Gasteiger partial charge in [0.2, 0.25) is 0 Å². The number of hydrogen-bond acceptors (Lipinski definition) is 3. The first-order chi connectivity index (χ1) is 10.6. The van der Waals surface area contributed by atoms with Gasteiger partial charge in [-0.1, -0.05) is 30.3 Å². The lowest BCUT2D eigenvalue weighted by atomic mass is 9.81. The molecule has 4 rings (SSSR count). The van der Waals surface area contributed by atoms with Crippen LogP contribution in [0.2, 0.25) is 0 Å². The zero-order valence-corrected chi connectivity index (χ0v) is 12.6. The normalized spacial score (nSPS) is 21.5. The Hall–Kier alpha value is -2.56. The molecule has 3 aliphatic rings. The van der Waals surface area contributed by atoms with Gasteiger partial charge in [0.25, 0.3) is 11.8 Å². The van der Waals surface area contributed by atoms with Crippen LogP contribution in [-0.2, 0) is 9.59 Å². The van der Waals surface area contributed by atoms with Crippen LogP contribution < -0.4 is 5.32 Å². The highest BCUT2D eigenvalue weighted by Gasteiger charge is 2.45. The van der Waals surface area contributed by atoms with Gasteiger partial charge in [0.15, 0.2) is 0 Å². The summed E-state index contributed by atoms with van der Waals surface area (Å²) in [6.07, 6.45) is 0. The molecule has 0 bridgehead atoms. The molecule has 1 N–H and O–H groups in total. The van der Waals surface area contributed by atoms with Gasteiger partial charge in [-0.25, -0.2) is 0 Å². The van der Waals surface area contributed by atoms with Crippen molar-refractivity contribution < 1.29 is 9.59 Å². The fourth-order valence-corrected chi connectivity index (χ4v) is 3.57. The zero-order chi connectivity index (χ0) is 15.4. The van der Waals surface area contributed by atoms with E-state index in [1.165, 1.54) is 0 Å². The van der Waals surface area contributed by atoms with Gasteiger partial charge in [-0.15, -0.1) is 0 Å². The van der Waals surface area contributed by atoms with Crippen molar-refractivity contribution in [2.24, 2.45) is 0 Å². The van der Waals surface area contributed by atoms with Gasteiger partial charge in [0.05, 0.1) is 24.2 Å². The van der Waals surface area contributed by atoms with Crippen molar-refractivity contribution in [1.29, 1.82) is 0 Å². The lowest BCUT2D eigenvalue weighted by Gasteiger charge is -2.25. The van der Waals surface area contributed by atoms with E-state index in [1.54, 1.807) is 23.9 Å². The molecule has 0 aliphatic carbocycles. The fourth-order valence-electron chi connectivity index (χ4n) is 3.57.